The summed E-state index contributed by atoms with van der Waals surface area (Å²) in [6, 6.07) is 20.2. The highest BCUT2D eigenvalue weighted by Crippen LogP contribution is 2.63. The van der Waals surface area contributed by atoms with Gasteiger partial charge in [0.05, 0.1) is 17.5 Å². The quantitative estimate of drug-likeness (QED) is 0.635. The number of rotatable bonds is 6. The summed E-state index contributed by atoms with van der Waals surface area (Å²) in [7, 11) is -3.26. The number of benzene rings is 2. The van der Waals surface area contributed by atoms with Gasteiger partial charge in [-0.2, -0.15) is 0 Å². The van der Waals surface area contributed by atoms with Crippen molar-refractivity contribution in [2.45, 2.75) is 12.3 Å². The molecule has 2 atom stereocenters. The Labute approximate surface area is 183 Å². The third kappa shape index (κ3) is 3.98. The SMILES string of the molecule is CC1(c2cccc(NS(C)(=O)=O)c2)C2CN(CC=Cc3ccc4ccccc4n3)CC21. The van der Waals surface area contributed by atoms with Crippen LogP contribution in [0.15, 0.2) is 66.7 Å². The van der Waals surface area contributed by atoms with Crippen LogP contribution in [0.3, 0.4) is 0 Å². The molecule has 1 aromatic heterocycles. The number of aromatic nitrogens is 1. The third-order valence-electron chi connectivity index (χ3n) is 6.89. The Morgan fingerprint density at radius 3 is 2.65 bits per heavy atom. The molecule has 1 saturated carbocycles. The number of pyridine rings is 1. The highest BCUT2D eigenvalue weighted by Gasteiger charge is 2.65. The van der Waals surface area contributed by atoms with Crippen molar-refractivity contribution in [1.82, 2.24) is 9.88 Å². The first-order valence-electron chi connectivity index (χ1n) is 10.7. The lowest BCUT2D eigenvalue weighted by molar-refractivity contribution is 0.305. The molecule has 2 fully saturated rings. The summed E-state index contributed by atoms with van der Waals surface area (Å²) in [5, 5.41) is 1.16. The van der Waals surface area contributed by atoms with Crippen molar-refractivity contribution in [2.75, 3.05) is 30.6 Å². The minimum absolute atomic E-state index is 0.134. The molecule has 2 unspecified atom stereocenters. The number of nitrogens with one attached hydrogen (secondary N) is 1. The largest absolute Gasteiger partial charge is 0.299 e. The lowest BCUT2D eigenvalue weighted by Gasteiger charge is -2.23. The molecule has 0 spiro atoms. The van der Waals surface area contributed by atoms with E-state index in [0.29, 0.717) is 17.5 Å². The summed E-state index contributed by atoms with van der Waals surface area (Å²) >= 11 is 0. The van der Waals surface area contributed by atoms with Crippen molar-refractivity contribution in [2.24, 2.45) is 11.8 Å². The lowest BCUT2D eigenvalue weighted by Crippen LogP contribution is -2.29. The predicted molar refractivity (Wildman–Crippen MR) is 126 cm³/mol. The van der Waals surface area contributed by atoms with Crippen LogP contribution >= 0.6 is 0 Å². The fourth-order valence-electron chi connectivity index (χ4n) is 5.17. The molecule has 0 amide bonds. The van der Waals surface area contributed by atoms with Crippen LogP contribution in [0.4, 0.5) is 5.69 Å². The molecule has 2 heterocycles. The minimum Gasteiger partial charge on any atom is -0.299 e. The van der Waals surface area contributed by atoms with Gasteiger partial charge >= 0.3 is 0 Å². The normalized spacial score (nSPS) is 25.7. The van der Waals surface area contributed by atoms with Crippen LogP contribution < -0.4 is 4.72 Å². The van der Waals surface area contributed by atoms with Gasteiger partial charge in [0.2, 0.25) is 10.0 Å². The van der Waals surface area contributed by atoms with E-state index in [1.165, 1.54) is 11.8 Å². The summed E-state index contributed by atoms with van der Waals surface area (Å²) in [4.78, 5) is 7.20. The standard InChI is InChI=1S/C25H27N3O2S/c1-25(19-8-5-9-21(15-19)27-31(2,29)30)22-16-28(17-23(22)25)14-6-10-20-13-12-18-7-3-4-11-24(18)26-20/h3-13,15,22-23,27H,14,16-17H2,1-2H3. The zero-order chi connectivity index (χ0) is 21.6. The van der Waals surface area contributed by atoms with Crippen molar-refractivity contribution >= 4 is 32.7 Å². The molecule has 0 radical (unpaired) electrons. The van der Waals surface area contributed by atoms with Crippen LogP contribution in [0.25, 0.3) is 17.0 Å². The van der Waals surface area contributed by atoms with E-state index in [1.807, 2.05) is 36.4 Å². The van der Waals surface area contributed by atoms with E-state index in [4.69, 9.17) is 4.98 Å². The van der Waals surface area contributed by atoms with Crippen molar-refractivity contribution < 1.29 is 8.42 Å². The molecule has 1 N–H and O–H groups in total. The van der Waals surface area contributed by atoms with Gasteiger partial charge in [-0.3, -0.25) is 9.62 Å². The maximum absolute atomic E-state index is 11.6. The number of fused-ring (bicyclic) bond motifs is 2. The number of piperidine rings is 1. The highest BCUT2D eigenvalue weighted by atomic mass is 32.2. The average Bonchev–Trinajstić information content (AvgIpc) is 3.08. The van der Waals surface area contributed by atoms with E-state index in [-0.39, 0.29) is 5.41 Å². The van der Waals surface area contributed by atoms with Gasteiger partial charge in [0.25, 0.3) is 0 Å². The fraction of sp³-hybridized carbons (Fsp3) is 0.320. The maximum Gasteiger partial charge on any atom is 0.229 e. The van der Waals surface area contributed by atoms with Crippen LogP contribution in [-0.4, -0.2) is 44.2 Å². The molecule has 0 bridgehead atoms. The highest BCUT2D eigenvalue weighted by molar-refractivity contribution is 7.92. The molecule has 2 aromatic carbocycles. The van der Waals surface area contributed by atoms with Crippen molar-refractivity contribution in [1.29, 1.82) is 0 Å². The molecule has 1 aliphatic heterocycles. The Morgan fingerprint density at radius 1 is 1.10 bits per heavy atom. The van der Waals surface area contributed by atoms with Crippen LogP contribution in [0.5, 0.6) is 0 Å². The third-order valence-corrected chi connectivity index (χ3v) is 7.49. The Bertz CT molecular complexity index is 1260. The number of sulfonamides is 1. The van der Waals surface area contributed by atoms with Gasteiger partial charge in [-0.05, 0) is 47.7 Å². The number of nitrogens with zero attached hydrogens (tertiary/aromatic N) is 2. The molecule has 3 aromatic rings. The number of para-hydroxylation sites is 1. The molecule has 160 valence electrons. The first-order chi connectivity index (χ1) is 14.8. The number of hydrogen-bond acceptors (Lipinski definition) is 4. The first-order valence-corrected chi connectivity index (χ1v) is 12.5. The molecule has 5 rings (SSSR count). The summed E-state index contributed by atoms with van der Waals surface area (Å²) in [5.74, 6) is 1.24. The van der Waals surface area contributed by atoms with Gasteiger partial charge in [0.15, 0.2) is 0 Å². The van der Waals surface area contributed by atoms with Gasteiger partial charge in [-0.1, -0.05) is 49.4 Å². The lowest BCUT2D eigenvalue weighted by atomic mass is 9.92. The monoisotopic (exact) mass is 433 g/mol. The number of hydrogen-bond donors (Lipinski definition) is 1. The Hall–Kier alpha value is -2.70. The molecule has 31 heavy (non-hydrogen) atoms. The van der Waals surface area contributed by atoms with Gasteiger partial charge in [0, 0.05) is 36.1 Å². The van der Waals surface area contributed by atoms with Crippen LogP contribution in [0.2, 0.25) is 0 Å². The van der Waals surface area contributed by atoms with E-state index in [0.717, 1.165) is 36.2 Å². The van der Waals surface area contributed by atoms with Gasteiger partial charge < -0.3 is 0 Å². The van der Waals surface area contributed by atoms with Crippen molar-refractivity contribution in [3.8, 4) is 0 Å². The van der Waals surface area contributed by atoms with Gasteiger partial charge in [-0.25, -0.2) is 13.4 Å². The molecule has 1 saturated heterocycles. The van der Waals surface area contributed by atoms with Crippen molar-refractivity contribution in [3.05, 3.63) is 78.0 Å². The molecule has 6 heteroatoms. The van der Waals surface area contributed by atoms with Crippen molar-refractivity contribution in [3.63, 3.8) is 0 Å². The molecule has 2 aliphatic rings. The molecular weight excluding hydrogens is 406 g/mol. The van der Waals surface area contributed by atoms with Crippen LogP contribution in [-0.2, 0) is 15.4 Å². The Balaban J connectivity index is 1.21. The maximum atomic E-state index is 11.6. The van der Waals surface area contributed by atoms with Gasteiger partial charge in [-0.15, -0.1) is 0 Å². The van der Waals surface area contributed by atoms with E-state index in [2.05, 4.69) is 53.0 Å². The second-order valence-electron chi connectivity index (χ2n) is 9.00. The van der Waals surface area contributed by atoms with E-state index in [9.17, 15) is 8.42 Å². The summed E-state index contributed by atoms with van der Waals surface area (Å²) < 4.78 is 25.7. The minimum atomic E-state index is -3.26. The predicted octanol–water partition coefficient (Wildman–Crippen LogP) is 4.14. The second kappa shape index (κ2) is 7.46. The van der Waals surface area contributed by atoms with Gasteiger partial charge in [0.1, 0.15) is 0 Å². The van der Waals surface area contributed by atoms with Crippen LogP contribution in [0.1, 0.15) is 18.2 Å². The molecule has 5 nitrogen and oxygen atoms in total. The smallest absolute Gasteiger partial charge is 0.229 e. The number of anilines is 1. The topological polar surface area (TPSA) is 62.3 Å². The summed E-state index contributed by atoms with van der Waals surface area (Å²) in [6.07, 6.45) is 5.50. The zero-order valence-corrected chi connectivity index (χ0v) is 18.6. The first kappa shape index (κ1) is 20.2. The molecular formula is C25H27N3O2S. The van der Waals surface area contributed by atoms with E-state index >= 15 is 0 Å². The zero-order valence-electron chi connectivity index (χ0n) is 17.8. The van der Waals surface area contributed by atoms with Crippen LogP contribution in [0, 0.1) is 11.8 Å². The fourth-order valence-corrected chi connectivity index (χ4v) is 5.72. The average molecular weight is 434 g/mol. The Kier molecular flexibility index (Phi) is 4.87. The summed E-state index contributed by atoms with van der Waals surface area (Å²) in [5.41, 5.74) is 4.02. The molecule has 1 aliphatic carbocycles. The number of likely N-dealkylation sites (tertiary alicyclic amines) is 1. The second-order valence-corrected chi connectivity index (χ2v) is 10.7. The summed E-state index contributed by atoms with van der Waals surface area (Å²) in [6.45, 7) is 5.38. The van der Waals surface area contributed by atoms with E-state index < -0.39 is 10.0 Å². The van der Waals surface area contributed by atoms with E-state index in [1.54, 1.807) is 0 Å². The Morgan fingerprint density at radius 2 is 1.87 bits per heavy atom.